The first-order valence-corrected chi connectivity index (χ1v) is 7.19. The molecular weight excluding hydrogens is 242 g/mol. The van der Waals surface area contributed by atoms with Crippen LogP contribution in [-0.4, -0.2) is 38.1 Å². The molecule has 1 N–H and O–H groups in total. The number of hydrogen-bond donors (Lipinski definition) is 1. The van der Waals surface area contributed by atoms with Crippen LogP contribution in [0.5, 0.6) is 0 Å². The van der Waals surface area contributed by atoms with Gasteiger partial charge in [-0.05, 0) is 26.3 Å². The maximum absolute atomic E-state index is 11.4. The molecule has 106 valence electrons. The minimum atomic E-state index is -0.698. The minimum Gasteiger partial charge on any atom is -0.480 e. The Kier molecular flexibility index (Phi) is 4.96. The molecule has 1 atom stereocenters. The van der Waals surface area contributed by atoms with Crippen LogP contribution in [0.15, 0.2) is 12.4 Å². The Morgan fingerprint density at radius 1 is 1.42 bits per heavy atom. The molecule has 1 saturated heterocycles. The third-order valence-electron chi connectivity index (χ3n) is 3.89. The van der Waals surface area contributed by atoms with E-state index in [0.717, 1.165) is 44.6 Å². The van der Waals surface area contributed by atoms with Crippen LogP contribution in [0.1, 0.15) is 44.9 Å². The molecule has 1 unspecified atom stereocenters. The van der Waals surface area contributed by atoms with E-state index in [0.29, 0.717) is 6.54 Å². The van der Waals surface area contributed by atoms with Crippen molar-refractivity contribution in [3.8, 4) is 0 Å². The summed E-state index contributed by atoms with van der Waals surface area (Å²) in [6, 6.07) is -0.359. The van der Waals surface area contributed by atoms with E-state index in [-0.39, 0.29) is 6.04 Å². The Bertz CT molecular complexity index is 417. The second kappa shape index (κ2) is 6.70. The van der Waals surface area contributed by atoms with E-state index in [1.807, 2.05) is 6.20 Å². The monoisotopic (exact) mass is 265 g/mol. The van der Waals surface area contributed by atoms with Crippen LogP contribution in [-0.2, 0) is 17.9 Å². The molecule has 19 heavy (non-hydrogen) atoms. The molecule has 0 amide bonds. The van der Waals surface area contributed by atoms with Crippen LogP contribution < -0.4 is 0 Å². The number of hydrogen-bond acceptors (Lipinski definition) is 3. The highest BCUT2D eigenvalue weighted by molar-refractivity contribution is 5.73. The lowest BCUT2D eigenvalue weighted by Gasteiger charge is -2.30. The first kappa shape index (κ1) is 14.1. The van der Waals surface area contributed by atoms with Crippen molar-refractivity contribution in [2.75, 3.05) is 6.54 Å². The summed E-state index contributed by atoms with van der Waals surface area (Å²) >= 11 is 0. The van der Waals surface area contributed by atoms with Crippen molar-refractivity contribution < 1.29 is 9.90 Å². The highest BCUT2D eigenvalue weighted by atomic mass is 16.4. The average molecular weight is 265 g/mol. The maximum Gasteiger partial charge on any atom is 0.320 e. The highest BCUT2D eigenvalue weighted by Gasteiger charge is 2.27. The molecule has 0 saturated carbocycles. The van der Waals surface area contributed by atoms with Crippen LogP contribution >= 0.6 is 0 Å². The number of carboxylic acids is 1. The van der Waals surface area contributed by atoms with Gasteiger partial charge in [0.1, 0.15) is 11.9 Å². The van der Waals surface area contributed by atoms with Gasteiger partial charge in [0.2, 0.25) is 0 Å². The Morgan fingerprint density at radius 2 is 2.21 bits per heavy atom. The van der Waals surface area contributed by atoms with Gasteiger partial charge >= 0.3 is 5.97 Å². The second-order valence-corrected chi connectivity index (χ2v) is 5.16. The van der Waals surface area contributed by atoms with Crippen LogP contribution in [0.2, 0.25) is 0 Å². The number of carbonyl (C=O) groups is 1. The molecular formula is C14H23N3O2. The van der Waals surface area contributed by atoms with Crippen molar-refractivity contribution >= 4 is 5.97 Å². The minimum absolute atomic E-state index is 0.359. The molecule has 2 rings (SSSR count). The Hall–Kier alpha value is -1.36. The second-order valence-electron chi connectivity index (χ2n) is 5.16. The number of aliphatic carboxylic acids is 1. The summed E-state index contributed by atoms with van der Waals surface area (Å²) in [6.45, 7) is 4.44. The fourth-order valence-corrected chi connectivity index (χ4v) is 2.77. The lowest BCUT2D eigenvalue weighted by Crippen LogP contribution is -2.42. The molecule has 0 radical (unpaired) electrons. The first-order valence-electron chi connectivity index (χ1n) is 7.19. The van der Waals surface area contributed by atoms with E-state index < -0.39 is 5.97 Å². The summed E-state index contributed by atoms with van der Waals surface area (Å²) in [5.41, 5.74) is 0. The van der Waals surface area contributed by atoms with E-state index in [1.54, 1.807) is 6.20 Å². The van der Waals surface area contributed by atoms with Crippen molar-refractivity contribution in [3.63, 3.8) is 0 Å². The van der Waals surface area contributed by atoms with Gasteiger partial charge in [-0.2, -0.15) is 0 Å². The molecule has 1 aliphatic rings. The number of nitrogens with zero attached hydrogens (tertiary/aromatic N) is 3. The van der Waals surface area contributed by atoms with Crippen LogP contribution in [0.3, 0.4) is 0 Å². The predicted octanol–water partition coefficient (Wildman–Crippen LogP) is 2.12. The molecule has 0 bridgehead atoms. The summed E-state index contributed by atoms with van der Waals surface area (Å²) < 4.78 is 2.08. The van der Waals surface area contributed by atoms with Gasteiger partial charge in [0, 0.05) is 18.9 Å². The van der Waals surface area contributed by atoms with Gasteiger partial charge in [-0.3, -0.25) is 9.69 Å². The SMILES string of the molecule is CCn1ccnc1CN1CCCCCCC1C(=O)O. The summed E-state index contributed by atoms with van der Waals surface area (Å²) in [6.07, 6.45) is 8.94. The molecule has 1 aromatic heterocycles. The zero-order valence-electron chi connectivity index (χ0n) is 11.6. The molecule has 5 heteroatoms. The number of likely N-dealkylation sites (tertiary alicyclic amines) is 1. The molecule has 5 nitrogen and oxygen atoms in total. The predicted molar refractivity (Wildman–Crippen MR) is 72.8 cm³/mol. The Balaban J connectivity index is 2.10. The Morgan fingerprint density at radius 3 is 2.95 bits per heavy atom. The molecule has 2 heterocycles. The molecule has 1 aromatic rings. The van der Waals surface area contributed by atoms with Gasteiger partial charge in [0.05, 0.1) is 6.54 Å². The molecule has 0 spiro atoms. The number of aromatic nitrogens is 2. The first-order chi connectivity index (χ1) is 9.22. The number of aryl methyl sites for hydroxylation is 1. The van der Waals surface area contributed by atoms with Crippen LogP contribution in [0.4, 0.5) is 0 Å². The van der Waals surface area contributed by atoms with Gasteiger partial charge in [-0.15, -0.1) is 0 Å². The van der Waals surface area contributed by atoms with Crippen molar-refractivity contribution in [2.24, 2.45) is 0 Å². The highest BCUT2D eigenvalue weighted by Crippen LogP contribution is 2.19. The van der Waals surface area contributed by atoms with Gasteiger partial charge < -0.3 is 9.67 Å². The van der Waals surface area contributed by atoms with E-state index in [9.17, 15) is 9.90 Å². The number of carboxylic acid groups (broad SMARTS) is 1. The van der Waals surface area contributed by atoms with Gasteiger partial charge in [0.25, 0.3) is 0 Å². The lowest BCUT2D eigenvalue weighted by molar-refractivity contribution is -0.144. The van der Waals surface area contributed by atoms with Gasteiger partial charge in [-0.25, -0.2) is 4.98 Å². The third-order valence-corrected chi connectivity index (χ3v) is 3.89. The van der Waals surface area contributed by atoms with Crippen LogP contribution in [0, 0.1) is 0 Å². The molecule has 0 aliphatic carbocycles. The molecule has 0 aromatic carbocycles. The van der Waals surface area contributed by atoms with E-state index in [4.69, 9.17) is 0 Å². The van der Waals surface area contributed by atoms with Gasteiger partial charge in [-0.1, -0.05) is 19.3 Å². The zero-order chi connectivity index (χ0) is 13.7. The van der Waals surface area contributed by atoms with Crippen molar-refractivity contribution in [3.05, 3.63) is 18.2 Å². The summed E-state index contributed by atoms with van der Waals surface area (Å²) in [7, 11) is 0. The van der Waals surface area contributed by atoms with Crippen LogP contribution in [0.25, 0.3) is 0 Å². The van der Waals surface area contributed by atoms with E-state index >= 15 is 0 Å². The fourth-order valence-electron chi connectivity index (χ4n) is 2.77. The summed E-state index contributed by atoms with van der Waals surface area (Å²) in [5.74, 6) is 0.269. The van der Waals surface area contributed by atoms with E-state index in [1.165, 1.54) is 6.42 Å². The molecule has 1 fully saturated rings. The fraction of sp³-hybridized carbons (Fsp3) is 0.714. The van der Waals surface area contributed by atoms with Crippen molar-refractivity contribution in [1.29, 1.82) is 0 Å². The Labute approximate surface area is 114 Å². The van der Waals surface area contributed by atoms with Crippen molar-refractivity contribution in [2.45, 2.75) is 58.2 Å². The topological polar surface area (TPSA) is 58.4 Å². The number of rotatable bonds is 4. The normalized spacial score (nSPS) is 21.8. The number of imidazole rings is 1. The largest absolute Gasteiger partial charge is 0.480 e. The van der Waals surface area contributed by atoms with E-state index in [2.05, 4.69) is 21.4 Å². The zero-order valence-corrected chi connectivity index (χ0v) is 11.6. The summed E-state index contributed by atoms with van der Waals surface area (Å²) in [5, 5.41) is 9.41. The molecule has 1 aliphatic heterocycles. The smallest absolute Gasteiger partial charge is 0.320 e. The third kappa shape index (κ3) is 3.56. The maximum atomic E-state index is 11.4. The van der Waals surface area contributed by atoms with Crippen molar-refractivity contribution in [1.82, 2.24) is 14.5 Å². The standard InChI is InChI=1S/C14H23N3O2/c1-2-16-10-8-15-13(16)11-17-9-6-4-3-5-7-12(17)14(18)19/h8,10,12H,2-7,9,11H2,1H3,(H,18,19). The van der Waals surface area contributed by atoms with Gasteiger partial charge in [0.15, 0.2) is 0 Å². The average Bonchev–Trinajstić information content (AvgIpc) is 2.79. The lowest BCUT2D eigenvalue weighted by atomic mass is 10.0. The quantitative estimate of drug-likeness (QED) is 0.906. The summed E-state index contributed by atoms with van der Waals surface area (Å²) in [4.78, 5) is 17.9.